The molecule has 2 aliphatic carbocycles. The van der Waals surface area contributed by atoms with E-state index in [1.165, 1.54) is 11.3 Å². The van der Waals surface area contributed by atoms with Crippen molar-refractivity contribution in [2.24, 2.45) is 0 Å². The number of thiophene rings is 1. The topological polar surface area (TPSA) is 105 Å². The van der Waals surface area contributed by atoms with Gasteiger partial charge in [0.25, 0.3) is 0 Å². The van der Waals surface area contributed by atoms with E-state index >= 15 is 0 Å². The van der Waals surface area contributed by atoms with Crippen molar-refractivity contribution in [2.75, 3.05) is 6.61 Å². The van der Waals surface area contributed by atoms with E-state index in [0.717, 1.165) is 35.1 Å². The number of carbonyl (C=O) groups is 3. The minimum Gasteiger partial charge on any atom is -0.479 e. The number of nitrogens with one attached hydrogen (secondary N) is 2. The van der Waals surface area contributed by atoms with Crippen molar-refractivity contribution in [1.29, 1.82) is 0 Å². The van der Waals surface area contributed by atoms with Gasteiger partial charge in [0.1, 0.15) is 12.1 Å². The Morgan fingerprint density at radius 3 is 2.17 bits per heavy atom. The summed E-state index contributed by atoms with van der Waals surface area (Å²) in [7, 11) is 0. The smallest absolute Gasteiger partial charge is 0.408 e. The molecule has 1 unspecified atom stereocenters. The monoisotopic (exact) mass is 490 g/mol. The van der Waals surface area contributed by atoms with Crippen LogP contribution < -0.4 is 10.6 Å². The minimum absolute atomic E-state index is 0.0864. The van der Waals surface area contributed by atoms with Crippen LogP contribution in [0, 0.1) is 0 Å². The van der Waals surface area contributed by atoms with Crippen LogP contribution in [-0.2, 0) is 14.3 Å². The van der Waals surface area contributed by atoms with Crippen molar-refractivity contribution in [2.45, 2.75) is 43.2 Å². The van der Waals surface area contributed by atoms with Crippen molar-refractivity contribution in [3.05, 3.63) is 82.0 Å². The number of alkyl carbamates (subject to hydrolysis) is 1. The fourth-order valence-corrected chi connectivity index (χ4v) is 5.96. The highest BCUT2D eigenvalue weighted by Crippen LogP contribution is 2.44. The predicted octanol–water partition coefficient (Wildman–Crippen LogP) is 4.84. The van der Waals surface area contributed by atoms with Gasteiger partial charge in [0, 0.05) is 10.8 Å². The van der Waals surface area contributed by atoms with Gasteiger partial charge in [-0.3, -0.25) is 4.79 Å². The number of carboxylic acids is 1. The number of fused-ring (bicyclic) bond motifs is 3. The quantitative estimate of drug-likeness (QED) is 0.440. The zero-order chi connectivity index (χ0) is 24.4. The number of hydrogen-bond acceptors (Lipinski definition) is 5. The molecule has 2 aliphatic rings. The molecule has 180 valence electrons. The molecule has 0 spiro atoms. The predicted molar refractivity (Wildman–Crippen MR) is 132 cm³/mol. The number of carboxylic acid groups (broad SMARTS) is 1. The second kappa shape index (κ2) is 9.54. The van der Waals surface area contributed by atoms with Crippen LogP contribution in [0.5, 0.6) is 0 Å². The molecule has 0 radical (unpaired) electrons. The first-order chi connectivity index (χ1) is 17.0. The van der Waals surface area contributed by atoms with Crippen LogP contribution in [0.4, 0.5) is 4.79 Å². The summed E-state index contributed by atoms with van der Waals surface area (Å²) in [5.41, 5.74) is 3.30. The van der Waals surface area contributed by atoms with Crippen LogP contribution in [0.3, 0.4) is 0 Å². The van der Waals surface area contributed by atoms with Gasteiger partial charge in [-0.2, -0.15) is 0 Å². The highest BCUT2D eigenvalue weighted by Gasteiger charge is 2.44. The lowest BCUT2D eigenvalue weighted by Gasteiger charge is -2.30. The minimum atomic E-state index is -1.19. The summed E-state index contributed by atoms with van der Waals surface area (Å²) >= 11 is 1.26. The molecule has 35 heavy (non-hydrogen) atoms. The van der Waals surface area contributed by atoms with Crippen LogP contribution in [-0.4, -0.2) is 35.2 Å². The Kier molecular flexibility index (Phi) is 6.30. The highest BCUT2D eigenvalue weighted by molar-refractivity contribution is 7.10. The van der Waals surface area contributed by atoms with Gasteiger partial charge in [-0.25, -0.2) is 9.59 Å². The molecule has 1 fully saturated rings. The molecular weight excluding hydrogens is 464 g/mol. The fraction of sp³-hybridized carbons (Fsp3) is 0.296. The second-order valence-corrected chi connectivity index (χ2v) is 9.98. The normalized spacial score (nSPS) is 16.7. The number of aliphatic carboxylic acids is 1. The van der Waals surface area contributed by atoms with Gasteiger partial charge in [0.2, 0.25) is 5.91 Å². The van der Waals surface area contributed by atoms with Gasteiger partial charge in [0.15, 0.2) is 6.04 Å². The van der Waals surface area contributed by atoms with E-state index in [9.17, 15) is 19.5 Å². The average molecular weight is 491 g/mol. The third kappa shape index (κ3) is 4.41. The van der Waals surface area contributed by atoms with E-state index in [2.05, 4.69) is 22.8 Å². The molecule has 8 heteroatoms. The molecule has 1 heterocycles. The Hall–Kier alpha value is -3.65. The SMILES string of the molecule is O=C(NC1(C(=O)NC(C(=O)O)c2cccs2)CCCC1)OCC1c2ccccc2-c2ccccc21. The summed E-state index contributed by atoms with van der Waals surface area (Å²) in [6.45, 7) is 0.143. The molecule has 1 atom stereocenters. The number of hydrogen-bond donors (Lipinski definition) is 3. The lowest BCUT2D eigenvalue weighted by molar-refractivity contribution is -0.143. The molecule has 5 rings (SSSR count). The lowest BCUT2D eigenvalue weighted by Crippen LogP contribution is -2.58. The van der Waals surface area contributed by atoms with E-state index in [1.807, 2.05) is 36.4 Å². The molecule has 3 aromatic rings. The van der Waals surface area contributed by atoms with E-state index in [-0.39, 0.29) is 12.5 Å². The van der Waals surface area contributed by atoms with E-state index in [0.29, 0.717) is 17.7 Å². The molecule has 0 bridgehead atoms. The van der Waals surface area contributed by atoms with Crippen molar-refractivity contribution in [1.82, 2.24) is 10.6 Å². The maximum absolute atomic E-state index is 13.3. The fourth-order valence-electron chi connectivity index (χ4n) is 5.20. The number of ether oxygens (including phenoxy) is 1. The summed E-state index contributed by atoms with van der Waals surface area (Å²) in [4.78, 5) is 38.5. The van der Waals surface area contributed by atoms with Crippen LogP contribution in [0.1, 0.15) is 53.6 Å². The Balaban J connectivity index is 1.28. The summed E-state index contributed by atoms with van der Waals surface area (Å²) in [5.74, 6) is -1.73. The number of rotatable bonds is 7. The first-order valence-electron chi connectivity index (χ1n) is 11.7. The molecule has 0 aliphatic heterocycles. The average Bonchev–Trinajstić information content (AvgIpc) is 3.61. The van der Waals surface area contributed by atoms with Crippen molar-refractivity contribution < 1.29 is 24.2 Å². The van der Waals surface area contributed by atoms with Crippen molar-refractivity contribution in [3.8, 4) is 11.1 Å². The van der Waals surface area contributed by atoms with Gasteiger partial charge in [0.05, 0.1) is 0 Å². The van der Waals surface area contributed by atoms with Crippen LogP contribution in [0.2, 0.25) is 0 Å². The number of carbonyl (C=O) groups excluding carboxylic acids is 2. The number of amides is 2. The van der Waals surface area contributed by atoms with Crippen LogP contribution in [0.25, 0.3) is 11.1 Å². The molecule has 1 saturated carbocycles. The first-order valence-corrected chi connectivity index (χ1v) is 12.6. The molecule has 3 N–H and O–H groups in total. The largest absolute Gasteiger partial charge is 0.479 e. The zero-order valence-electron chi connectivity index (χ0n) is 19.0. The summed E-state index contributed by atoms with van der Waals surface area (Å²) < 4.78 is 5.66. The second-order valence-electron chi connectivity index (χ2n) is 9.00. The van der Waals surface area contributed by atoms with E-state index < -0.39 is 29.6 Å². The van der Waals surface area contributed by atoms with Gasteiger partial charge in [-0.1, -0.05) is 67.4 Å². The zero-order valence-corrected chi connectivity index (χ0v) is 19.8. The Bertz CT molecular complexity index is 1200. The van der Waals surface area contributed by atoms with Crippen molar-refractivity contribution >= 4 is 29.3 Å². The maximum Gasteiger partial charge on any atom is 0.408 e. The van der Waals surface area contributed by atoms with Gasteiger partial charge >= 0.3 is 12.1 Å². The van der Waals surface area contributed by atoms with Crippen LogP contribution in [0.15, 0.2) is 66.0 Å². The molecule has 7 nitrogen and oxygen atoms in total. The standard InChI is InChI=1S/C27H26N2O5S/c30-24(31)23(22-12-7-15-35-22)28-25(32)27(13-5-6-14-27)29-26(33)34-16-21-19-10-3-1-8-17(19)18-9-2-4-11-20(18)21/h1-4,7-12,15,21,23H,5-6,13-14,16H2,(H,28,32)(H,29,33)(H,30,31). The number of benzene rings is 2. The molecule has 2 aromatic carbocycles. The summed E-state index contributed by atoms with van der Waals surface area (Å²) in [6, 6.07) is 18.4. The third-order valence-electron chi connectivity index (χ3n) is 6.93. The first kappa shape index (κ1) is 23.1. The molecule has 2 amide bonds. The molecule has 0 saturated heterocycles. The van der Waals surface area contributed by atoms with Gasteiger partial charge in [-0.05, 0) is 46.5 Å². The maximum atomic E-state index is 13.3. The lowest BCUT2D eigenvalue weighted by atomic mass is 9.96. The van der Waals surface area contributed by atoms with Gasteiger partial charge in [-0.15, -0.1) is 11.3 Å². The Labute approximate surface area is 207 Å². The summed E-state index contributed by atoms with van der Waals surface area (Å²) in [5, 5.41) is 16.8. The van der Waals surface area contributed by atoms with Crippen molar-refractivity contribution in [3.63, 3.8) is 0 Å². The van der Waals surface area contributed by atoms with E-state index in [1.54, 1.807) is 17.5 Å². The summed E-state index contributed by atoms with van der Waals surface area (Å²) in [6.07, 6.45) is 1.70. The third-order valence-corrected chi connectivity index (χ3v) is 7.86. The Morgan fingerprint density at radius 1 is 0.971 bits per heavy atom. The molecule has 1 aromatic heterocycles. The Morgan fingerprint density at radius 2 is 1.60 bits per heavy atom. The van der Waals surface area contributed by atoms with Gasteiger partial charge < -0.3 is 20.5 Å². The highest BCUT2D eigenvalue weighted by atomic mass is 32.1. The molecular formula is C27H26N2O5S. The van der Waals surface area contributed by atoms with E-state index in [4.69, 9.17) is 4.74 Å². The van der Waals surface area contributed by atoms with Crippen LogP contribution >= 0.6 is 11.3 Å².